The molecule has 1 aromatic carbocycles. The molecule has 18 heavy (non-hydrogen) atoms. The van der Waals surface area contributed by atoms with Gasteiger partial charge in [-0.2, -0.15) is 0 Å². The summed E-state index contributed by atoms with van der Waals surface area (Å²) in [5.41, 5.74) is 2.46. The van der Waals surface area contributed by atoms with E-state index >= 15 is 0 Å². The first-order valence-electron chi connectivity index (χ1n) is 6.76. The molecule has 0 amide bonds. The minimum atomic E-state index is 0.238. The number of benzene rings is 1. The van der Waals surface area contributed by atoms with Crippen LogP contribution in [-0.2, 0) is 0 Å². The van der Waals surface area contributed by atoms with Crippen molar-refractivity contribution in [3.63, 3.8) is 0 Å². The molecule has 0 aliphatic rings. The smallest absolute Gasteiger partial charge is 0.122 e. The Morgan fingerprint density at radius 2 is 2.11 bits per heavy atom. The average molecular weight is 251 g/mol. The molecule has 0 spiro atoms. The van der Waals surface area contributed by atoms with Crippen molar-refractivity contribution in [3.05, 3.63) is 29.3 Å². The molecule has 1 aromatic rings. The first-order chi connectivity index (χ1) is 8.69. The molecule has 0 heterocycles. The lowest BCUT2D eigenvalue weighted by molar-refractivity contribution is 0.252. The van der Waals surface area contributed by atoms with E-state index in [-0.39, 0.29) is 6.61 Å². The summed E-state index contributed by atoms with van der Waals surface area (Å²) in [5, 5.41) is 12.1. The van der Waals surface area contributed by atoms with E-state index in [1.54, 1.807) is 0 Å². The maximum atomic E-state index is 8.70. The fourth-order valence-electron chi connectivity index (χ4n) is 1.92. The SMILES string of the molecule is CCNC(C)c1ccc(OCCCCO)c(C)c1. The monoisotopic (exact) mass is 251 g/mol. The Hall–Kier alpha value is -1.06. The van der Waals surface area contributed by atoms with E-state index in [2.05, 4.69) is 38.2 Å². The minimum Gasteiger partial charge on any atom is -0.493 e. The molecule has 3 heteroatoms. The van der Waals surface area contributed by atoms with Gasteiger partial charge in [0.1, 0.15) is 5.75 Å². The van der Waals surface area contributed by atoms with Gasteiger partial charge in [0.05, 0.1) is 6.61 Å². The Bertz CT molecular complexity index is 352. The summed E-state index contributed by atoms with van der Waals surface area (Å²) in [4.78, 5) is 0. The van der Waals surface area contributed by atoms with Crippen LogP contribution in [0.4, 0.5) is 0 Å². The summed E-state index contributed by atoms with van der Waals surface area (Å²) in [7, 11) is 0. The van der Waals surface area contributed by atoms with Gasteiger partial charge in [-0.3, -0.25) is 0 Å². The zero-order valence-corrected chi connectivity index (χ0v) is 11.7. The molecular formula is C15H25NO2. The number of hydrogen-bond acceptors (Lipinski definition) is 3. The lowest BCUT2D eigenvalue weighted by Crippen LogP contribution is -2.17. The summed E-state index contributed by atoms with van der Waals surface area (Å²) in [6.45, 7) is 8.23. The molecule has 0 aromatic heterocycles. The number of nitrogens with one attached hydrogen (secondary N) is 1. The van der Waals surface area contributed by atoms with Crippen molar-refractivity contribution in [3.8, 4) is 5.75 Å². The van der Waals surface area contributed by atoms with Gasteiger partial charge in [0.15, 0.2) is 0 Å². The van der Waals surface area contributed by atoms with Crippen LogP contribution < -0.4 is 10.1 Å². The molecule has 0 aliphatic carbocycles. The standard InChI is InChI=1S/C15H25NO2/c1-4-16-13(3)14-7-8-15(12(2)11-14)18-10-6-5-9-17/h7-8,11,13,16-17H,4-6,9-10H2,1-3H3. The predicted molar refractivity (Wildman–Crippen MR) is 75.1 cm³/mol. The highest BCUT2D eigenvalue weighted by Crippen LogP contribution is 2.22. The number of unbranched alkanes of at least 4 members (excludes halogenated alkanes) is 1. The van der Waals surface area contributed by atoms with E-state index in [4.69, 9.17) is 9.84 Å². The molecule has 102 valence electrons. The van der Waals surface area contributed by atoms with Crippen molar-refractivity contribution < 1.29 is 9.84 Å². The number of ether oxygens (including phenoxy) is 1. The zero-order chi connectivity index (χ0) is 13.4. The van der Waals surface area contributed by atoms with Crippen LogP contribution in [0.1, 0.15) is 43.9 Å². The molecule has 1 unspecified atom stereocenters. The van der Waals surface area contributed by atoms with Gasteiger partial charge in [0, 0.05) is 12.6 Å². The van der Waals surface area contributed by atoms with Crippen LogP contribution in [0.5, 0.6) is 5.75 Å². The molecule has 2 N–H and O–H groups in total. The Kier molecular flexibility index (Phi) is 6.76. The highest BCUT2D eigenvalue weighted by molar-refractivity contribution is 5.37. The van der Waals surface area contributed by atoms with Crippen LogP contribution in [0.25, 0.3) is 0 Å². The number of hydrogen-bond donors (Lipinski definition) is 2. The van der Waals surface area contributed by atoms with Gasteiger partial charge < -0.3 is 15.2 Å². The first-order valence-corrected chi connectivity index (χ1v) is 6.76. The molecule has 0 saturated heterocycles. The summed E-state index contributed by atoms with van der Waals surface area (Å²) >= 11 is 0. The maximum absolute atomic E-state index is 8.70. The summed E-state index contributed by atoms with van der Waals surface area (Å²) in [5.74, 6) is 0.945. The van der Waals surface area contributed by atoms with Crippen LogP contribution in [0, 0.1) is 6.92 Å². The second-order valence-corrected chi connectivity index (χ2v) is 4.58. The second-order valence-electron chi connectivity index (χ2n) is 4.58. The van der Waals surface area contributed by atoms with E-state index in [1.165, 1.54) is 11.1 Å². The molecule has 0 bridgehead atoms. The van der Waals surface area contributed by atoms with E-state index in [1.807, 2.05) is 6.07 Å². The highest BCUT2D eigenvalue weighted by atomic mass is 16.5. The van der Waals surface area contributed by atoms with E-state index in [0.29, 0.717) is 12.6 Å². The van der Waals surface area contributed by atoms with Crippen molar-refractivity contribution in [2.75, 3.05) is 19.8 Å². The molecule has 0 radical (unpaired) electrons. The van der Waals surface area contributed by atoms with Crippen LogP contribution in [0.15, 0.2) is 18.2 Å². The van der Waals surface area contributed by atoms with Crippen LogP contribution in [0.2, 0.25) is 0 Å². The number of aliphatic hydroxyl groups excluding tert-OH is 1. The van der Waals surface area contributed by atoms with Crippen molar-refractivity contribution in [1.29, 1.82) is 0 Å². The van der Waals surface area contributed by atoms with Gasteiger partial charge in [0.2, 0.25) is 0 Å². The topological polar surface area (TPSA) is 41.5 Å². The third-order valence-corrected chi connectivity index (χ3v) is 3.02. The quantitative estimate of drug-likeness (QED) is 0.698. The van der Waals surface area contributed by atoms with Crippen LogP contribution in [-0.4, -0.2) is 24.9 Å². The van der Waals surface area contributed by atoms with Gasteiger partial charge in [-0.1, -0.05) is 19.1 Å². The van der Waals surface area contributed by atoms with Crippen molar-refractivity contribution in [2.45, 2.75) is 39.7 Å². The van der Waals surface area contributed by atoms with Crippen LogP contribution in [0.3, 0.4) is 0 Å². The van der Waals surface area contributed by atoms with Gasteiger partial charge in [-0.15, -0.1) is 0 Å². The molecule has 0 fully saturated rings. The highest BCUT2D eigenvalue weighted by Gasteiger charge is 2.06. The molecular weight excluding hydrogens is 226 g/mol. The lowest BCUT2D eigenvalue weighted by Gasteiger charge is -2.15. The number of rotatable bonds is 8. The van der Waals surface area contributed by atoms with Gasteiger partial charge in [0.25, 0.3) is 0 Å². The minimum absolute atomic E-state index is 0.238. The average Bonchev–Trinajstić information content (AvgIpc) is 2.36. The second kappa shape index (κ2) is 8.11. The molecule has 0 saturated carbocycles. The van der Waals surface area contributed by atoms with Gasteiger partial charge >= 0.3 is 0 Å². The molecule has 1 atom stereocenters. The Balaban J connectivity index is 2.56. The van der Waals surface area contributed by atoms with Gasteiger partial charge in [-0.25, -0.2) is 0 Å². The molecule has 1 rings (SSSR count). The van der Waals surface area contributed by atoms with E-state index in [0.717, 1.165) is 25.1 Å². The maximum Gasteiger partial charge on any atom is 0.122 e. The summed E-state index contributed by atoms with van der Waals surface area (Å²) in [6, 6.07) is 6.70. The lowest BCUT2D eigenvalue weighted by atomic mass is 10.1. The normalized spacial score (nSPS) is 12.4. The van der Waals surface area contributed by atoms with Crippen molar-refractivity contribution in [1.82, 2.24) is 5.32 Å². The van der Waals surface area contributed by atoms with Crippen LogP contribution >= 0.6 is 0 Å². The Morgan fingerprint density at radius 1 is 1.33 bits per heavy atom. The third-order valence-electron chi connectivity index (χ3n) is 3.02. The fourth-order valence-corrected chi connectivity index (χ4v) is 1.92. The molecule has 0 aliphatic heterocycles. The van der Waals surface area contributed by atoms with E-state index in [9.17, 15) is 0 Å². The summed E-state index contributed by atoms with van der Waals surface area (Å²) in [6.07, 6.45) is 1.69. The number of aryl methyl sites for hydroxylation is 1. The fraction of sp³-hybridized carbons (Fsp3) is 0.600. The third kappa shape index (κ3) is 4.67. The Labute approximate surface area is 110 Å². The van der Waals surface area contributed by atoms with Crippen molar-refractivity contribution in [2.24, 2.45) is 0 Å². The molecule has 3 nitrogen and oxygen atoms in total. The van der Waals surface area contributed by atoms with Gasteiger partial charge in [-0.05, 0) is 50.4 Å². The van der Waals surface area contributed by atoms with E-state index < -0.39 is 0 Å². The first kappa shape index (κ1) is 15.0. The predicted octanol–water partition coefficient (Wildman–Crippen LogP) is 2.82. The Morgan fingerprint density at radius 3 is 2.72 bits per heavy atom. The number of aliphatic hydroxyl groups is 1. The zero-order valence-electron chi connectivity index (χ0n) is 11.7. The van der Waals surface area contributed by atoms with Crippen molar-refractivity contribution >= 4 is 0 Å². The summed E-state index contributed by atoms with van der Waals surface area (Å²) < 4.78 is 5.70. The largest absolute Gasteiger partial charge is 0.493 e.